The Morgan fingerprint density at radius 2 is 1.76 bits per heavy atom. The van der Waals surface area contributed by atoms with Crippen molar-refractivity contribution in [1.29, 1.82) is 0 Å². The lowest BCUT2D eigenvalue weighted by molar-refractivity contribution is -0.142. The second kappa shape index (κ2) is 11.6. The molecule has 1 fully saturated rings. The van der Waals surface area contributed by atoms with Gasteiger partial charge in [-0.1, -0.05) is 60.7 Å². The molecule has 1 N–H and O–H groups in total. The summed E-state index contributed by atoms with van der Waals surface area (Å²) in [6.45, 7) is 7.83. The molecule has 0 aromatic heterocycles. The molecule has 33 heavy (non-hydrogen) atoms. The van der Waals surface area contributed by atoms with E-state index < -0.39 is 6.04 Å². The van der Waals surface area contributed by atoms with Gasteiger partial charge in [-0.15, -0.1) is 0 Å². The first-order valence-corrected chi connectivity index (χ1v) is 12.2. The predicted molar refractivity (Wildman–Crippen MR) is 133 cm³/mol. The number of hydrogen-bond donors (Lipinski definition) is 1. The average Bonchev–Trinajstić information content (AvgIpc) is 2.79. The van der Waals surface area contributed by atoms with Crippen molar-refractivity contribution < 1.29 is 14.3 Å². The van der Waals surface area contributed by atoms with E-state index in [2.05, 4.69) is 5.32 Å². The molecule has 2 aromatic rings. The minimum atomic E-state index is -0.600. The van der Waals surface area contributed by atoms with E-state index >= 15 is 0 Å². The summed E-state index contributed by atoms with van der Waals surface area (Å²) in [7, 11) is 0. The molecule has 0 radical (unpaired) electrons. The molecule has 1 atom stereocenters. The topological polar surface area (TPSA) is 58.6 Å². The molecule has 1 aliphatic carbocycles. The Balaban J connectivity index is 1.73. The lowest BCUT2D eigenvalue weighted by Crippen LogP contribution is -2.51. The van der Waals surface area contributed by atoms with Crippen LogP contribution in [0.3, 0.4) is 0 Å². The maximum absolute atomic E-state index is 13.3. The Hall–Kier alpha value is -2.53. The molecule has 0 aliphatic heterocycles. The van der Waals surface area contributed by atoms with E-state index in [9.17, 15) is 9.59 Å². The van der Waals surface area contributed by atoms with Gasteiger partial charge in [-0.3, -0.25) is 9.59 Å². The third-order valence-electron chi connectivity index (χ3n) is 6.33. The molecule has 1 unspecified atom stereocenters. The van der Waals surface area contributed by atoms with Crippen molar-refractivity contribution in [1.82, 2.24) is 10.2 Å². The Morgan fingerprint density at radius 3 is 2.39 bits per heavy atom. The molecular weight excluding hydrogens is 436 g/mol. The summed E-state index contributed by atoms with van der Waals surface area (Å²) in [5.74, 6) is 0.256. The van der Waals surface area contributed by atoms with Crippen LogP contribution in [0, 0.1) is 20.8 Å². The summed E-state index contributed by atoms with van der Waals surface area (Å²) in [6.07, 6.45) is 5.50. The highest BCUT2D eigenvalue weighted by Gasteiger charge is 2.28. The van der Waals surface area contributed by atoms with Crippen LogP contribution in [0.5, 0.6) is 5.75 Å². The lowest BCUT2D eigenvalue weighted by Gasteiger charge is -2.31. The van der Waals surface area contributed by atoms with Gasteiger partial charge < -0.3 is 15.0 Å². The summed E-state index contributed by atoms with van der Waals surface area (Å²) < 4.78 is 5.83. The highest BCUT2D eigenvalue weighted by Crippen LogP contribution is 2.26. The maximum Gasteiger partial charge on any atom is 0.261 e. The quantitative estimate of drug-likeness (QED) is 0.553. The number of rotatable bonds is 8. The van der Waals surface area contributed by atoms with Gasteiger partial charge in [0.05, 0.1) is 0 Å². The van der Waals surface area contributed by atoms with E-state index in [4.69, 9.17) is 16.3 Å². The zero-order valence-electron chi connectivity index (χ0n) is 20.1. The van der Waals surface area contributed by atoms with Crippen molar-refractivity contribution in [2.75, 3.05) is 6.61 Å². The third-order valence-corrected chi connectivity index (χ3v) is 6.92. The van der Waals surface area contributed by atoms with Crippen molar-refractivity contribution >= 4 is 23.4 Å². The summed E-state index contributed by atoms with van der Waals surface area (Å²) in [6, 6.07) is 11.3. The highest BCUT2D eigenvalue weighted by molar-refractivity contribution is 6.32. The molecule has 1 aliphatic rings. The van der Waals surface area contributed by atoms with Crippen LogP contribution < -0.4 is 10.1 Å². The summed E-state index contributed by atoms with van der Waals surface area (Å²) in [4.78, 5) is 27.9. The zero-order valence-corrected chi connectivity index (χ0v) is 20.9. The van der Waals surface area contributed by atoms with Gasteiger partial charge in [-0.05, 0) is 69.4 Å². The standard InChI is InChI=1S/C27H35ClN2O3/c1-18-9-8-10-22(13-18)16-30(21(4)27(32)29-23-11-6-5-7-12-23)25(31)17-33-24-14-19(2)26(28)20(3)15-24/h8-10,13-15,21,23H,5-7,11-12,16-17H2,1-4H3,(H,29,32). The number of aryl methyl sites for hydroxylation is 3. The first-order chi connectivity index (χ1) is 15.7. The Labute approximate surface area is 202 Å². The Kier molecular flexibility index (Phi) is 8.79. The van der Waals surface area contributed by atoms with Crippen LogP contribution >= 0.6 is 11.6 Å². The second-order valence-electron chi connectivity index (χ2n) is 9.19. The first kappa shape index (κ1) is 25.1. The molecule has 5 nitrogen and oxygen atoms in total. The predicted octanol–water partition coefficient (Wildman–Crippen LogP) is 5.51. The number of nitrogens with zero attached hydrogens (tertiary/aromatic N) is 1. The molecule has 2 amide bonds. The fourth-order valence-electron chi connectivity index (χ4n) is 4.38. The molecule has 0 bridgehead atoms. The lowest BCUT2D eigenvalue weighted by atomic mass is 9.95. The Bertz CT molecular complexity index is 962. The number of benzene rings is 2. The minimum Gasteiger partial charge on any atom is -0.484 e. The monoisotopic (exact) mass is 470 g/mol. The molecule has 178 valence electrons. The van der Waals surface area contributed by atoms with Gasteiger partial charge in [-0.25, -0.2) is 0 Å². The van der Waals surface area contributed by atoms with E-state index in [-0.39, 0.29) is 24.5 Å². The number of nitrogens with one attached hydrogen (secondary N) is 1. The van der Waals surface area contributed by atoms with Crippen molar-refractivity contribution in [2.45, 2.75) is 78.4 Å². The molecule has 1 saturated carbocycles. The molecule has 2 aromatic carbocycles. The zero-order chi connectivity index (χ0) is 24.0. The van der Waals surface area contributed by atoms with Gasteiger partial charge in [0.1, 0.15) is 11.8 Å². The number of halogens is 1. The van der Waals surface area contributed by atoms with Crippen molar-refractivity contribution in [2.24, 2.45) is 0 Å². The maximum atomic E-state index is 13.3. The molecular formula is C27H35ClN2O3. The van der Waals surface area contributed by atoms with Gasteiger partial charge >= 0.3 is 0 Å². The van der Waals surface area contributed by atoms with Gasteiger partial charge in [0.15, 0.2) is 6.61 Å². The number of carbonyl (C=O) groups is 2. The molecule has 0 spiro atoms. The smallest absolute Gasteiger partial charge is 0.261 e. The minimum absolute atomic E-state index is 0.110. The third kappa shape index (κ3) is 6.97. The molecule has 3 rings (SSSR count). The average molecular weight is 471 g/mol. The van der Waals surface area contributed by atoms with E-state index in [1.54, 1.807) is 11.8 Å². The van der Waals surface area contributed by atoms with E-state index in [1.165, 1.54) is 6.42 Å². The number of carbonyl (C=O) groups excluding carboxylic acids is 2. The summed E-state index contributed by atoms with van der Waals surface area (Å²) in [5, 5.41) is 3.85. The normalized spacial score (nSPS) is 15.1. The van der Waals surface area contributed by atoms with Crippen LogP contribution in [0.2, 0.25) is 5.02 Å². The van der Waals surface area contributed by atoms with Crippen LogP contribution in [-0.2, 0) is 16.1 Å². The van der Waals surface area contributed by atoms with E-state index in [0.717, 1.165) is 47.9 Å². The Morgan fingerprint density at radius 1 is 1.09 bits per heavy atom. The van der Waals surface area contributed by atoms with Crippen LogP contribution in [0.15, 0.2) is 36.4 Å². The van der Waals surface area contributed by atoms with Gasteiger partial charge in [0.25, 0.3) is 5.91 Å². The van der Waals surface area contributed by atoms with Crippen LogP contribution in [0.1, 0.15) is 61.3 Å². The van der Waals surface area contributed by atoms with E-state index in [0.29, 0.717) is 17.3 Å². The van der Waals surface area contributed by atoms with Gasteiger partial charge in [0, 0.05) is 17.6 Å². The molecule has 0 saturated heterocycles. The number of hydrogen-bond acceptors (Lipinski definition) is 3. The largest absolute Gasteiger partial charge is 0.484 e. The molecule has 6 heteroatoms. The van der Waals surface area contributed by atoms with Crippen LogP contribution in [0.4, 0.5) is 0 Å². The van der Waals surface area contributed by atoms with Crippen molar-refractivity contribution in [3.8, 4) is 5.75 Å². The fraction of sp³-hybridized carbons (Fsp3) is 0.481. The summed E-state index contributed by atoms with van der Waals surface area (Å²) in [5.41, 5.74) is 3.90. The van der Waals surface area contributed by atoms with Gasteiger partial charge in [0.2, 0.25) is 5.91 Å². The molecule has 0 heterocycles. The second-order valence-corrected chi connectivity index (χ2v) is 9.57. The summed E-state index contributed by atoms with van der Waals surface area (Å²) >= 11 is 6.25. The van der Waals surface area contributed by atoms with Gasteiger partial charge in [-0.2, -0.15) is 0 Å². The van der Waals surface area contributed by atoms with Crippen LogP contribution in [-0.4, -0.2) is 35.4 Å². The van der Waals surface area contributed by atoms with Crippen molar-refractivity contribution in [3.05, 3.63) is 63.7 Å². The highest BCUT2D eigenvalue weighted by atomic mass is 35.5. The first-order valence-electron chi connectivity index (χ1n) is 11.8. The van der Waals surface area contributed by atoms with Crippen LogP contribution in [0.25, 0.3) is 0 Å². The number of amides is 2. The SMILES string of the molecule is Cc1cccc(CN(C(=O)COc2cc(C)c(Cl)c(C)c2)C(C)C(=O)NC2CCCCC2)c1. The number of ether oxygens (including phenoxy) is 1. The van der Waals surface area contributed by atoms with Crippen molar-refractivity contribution in [3.63, 3.8) is 0 Å². The van der Waals surface area contributed by atoms with E-state index in [1.807, 2.05) is 57.2 Å². The fourth-order valence-corrected chi connectivity index (χ4v) is 4.49.